The molecule has 1 atom stereocenters. The topological polar surface area (TPSA) is 61.5 Å². The van der Waals surface area contributed by atoms with Crippen LogP contribution in [0.15, 0.2) is 47.5 Å². The van der Waals surface area contributed by atoms with E-state index in [4.69, 9.17) is 0 Å². The molecule has 126 valence electrons. The second kappa shape index (κ2) is 7.95. The minimum atomic E-state index is -0.0537. The van der Waals surface area contributed by atoms with Gasteiger partial charge in [0.05, 0.1) is 0 Å². The highest BCUT2D eigenvalue weighted by Crippen LogP contribution is 2.28. The molecule has 4 nitrogen and oxygen atoms in total. The zero-order chi connectivity index (χ0) is 16.8. The number of aromatic amines is 2. The van der Waals surface area contributed by atoms with Crippen molar-refractivity contribution in [1.82, 2.24) is 15.0 Å². The van der Waals surface area contributed by atoms with Crippen molar-refractivity contribution in [3.8, 4) is 0 Å². The van der Waals surface area contributed by atoms with Crippen LogP contribution in [0.5, 0.6) is 0 Å². The van der Waals surface area contributed by atoms with Crippen molar-refractivity contribution in [2.45, 2.75) is 51.4 Å². The molecule has 4 heteroatoms. The Labute approximate surface area is 142 Å². The average molecular weight is 323 g/mol. The number of H-pyrrole nitrogens is 2. The Bertz CT molecular complexity index is 820. The van der Waals surface area contributed by atoms with Gasteiger partial charge in [-0.2, -0.15) is 0 Å². The number of hydrogen-bond acceptors (Lipinski definition) is 2. The predicted octanol–water partition coefficient (Wildman–Crippen LogP) is 4.55. The Kier molecular flexibility index (Phi) is 5.47. The van der Waals surface area contributed by atoms with Crippen LogP contribution in [-0.2, 0) is 6.42 Å². The summed E-state index contributed by atoms with van der Waals surface area (Å²) in [6.45, 7) is 2.24. The first-order valence-corrected chi connectivity index (χ1v) is 8.87. The summed E-state index contributed by atoms with van der Waals surface area (Å²) in [5, 5.41) is 1.09. The van der Waals surface area contributed by atoms with E-state index >= 15 is 0 Å². The fourth-order valence-electron chi connectivity index (χ4n) is 3.27. The number of hydrogen-bond donors (Lipinski definition) is 2. The molecule has 0 saturated carbocycles. The van der Waals surface area contributed by atoms with Gasteiger partial charge in [0.15, 0.2) is 0 Å². The summed E-state index contributed by atoms with van der Waals surface area (Å²) in [7, 11) is 0. The zero-order valence-corrected chi connectivity index (χ0v) is 14.2. The van der Waals surface area contributed by atoms with Crippen LogP contribution in [0.2, 0.25) is 0 Å². The lowest BCUT2D eigenvalue weighted by Gasteiger charge is -2.17. The molecule has 2 aromatic heterocycles. The molecule has 2 heterocycles. The average Bonchev–Trinajstić information content (AvgIpc) is 3.10. The normalized spacial score (nSPS) is 12.5. The number of aromatic nitrogens is 3. The van der Waals surface area contributed by atoms with Gasteiger partial charge in [-0.15, -0.1) is 0 Å². The van der Waals surface area contributed by atoms with Crippen LogP contribution >= 0.6 is 0 Å². The van der Waals surface area contributed by atoms with E-state index in [-0.39, 0.29) is 5.56 Å². The molecule has 1 aromatic carbocycles. The van der Waals surface area contributed by atoms with Crippen LogP contribution in [0.1, 0.15) is 56.3 Å². The summed E-state index contributed by atoms with van der Waals surface area (Å²) >= 11 is 0. The molecule has 0 amide bonds. The van der Waals surface area contributed by atoms with E-state index < -0.39 is 0 Å². The minimum Gasteiger partial charge on any atom is -0.349 e. The van der Waals surface area contributed by atoms with E-state index in [2.05, 4.69) is 34.0 Å². The van der Waals surface area contributed by atoms with Gasteiger partial charge < -0.3 is 9.97 Å². The molecule has 0 aliphatic carbocycles. The molecule has 0 fully saturated rings. The lowest BCUT2D eigenvalue weighted by Crippen LogP contribution is -2.06. The predicted molar refractivity (Wildman–Crippen MR) is 98.4 cm³/mol. The van der Waals surface area contributed by atoms with Crippen molar-refractivity contribution in [2.75, 3.05) is 0 Å². The first-order valence-electron chi connectivity index (χ1n) is 8.87. The SMILES string of the molecule is CCCCCCC(Cc1ncc[nH]1)c1ccc2[nH]c(=O)ccc2c1. The molecule has 0 radical (unpaired) electrons. The number of pyridine rings is 1. The molecule has 0 aliphatic heterocycles. The third-order valence-electron chi connectivity index (χ3n) is 4.62. The number of unbranched alkanes of at least 4 members (excludes halogenated alkanes) is 3. The van der Waals surface area contributed by atoms with Crippen LogP contribution in [0.25, 0.3) is 10.9 Å². The lowest BCUT2D eigenvalue weighted by atomic mass is 9.89. The summed E-state index contributed by atoms with van der Waals surface area (Å²) in [6, 6.07) is 9.87. The van der Waals surface area contributed by atoms with Crippen molar-refractivity contribution < 1.29 is 0 Å². The summed E-state index contributed by atoms with van der Waals surface area (Å²) < 4.78 is 0. The van der Waals surface area contributed by atoms with Gasteiger partial charge in [-0.05, 0) is 41.5 Å². The smallest absolute Gasteiger partial charge is 0.248 e. The maximum atomic E-state index is 11.4. The second-order valence-corrected chi connectivity index (χ2v) is 6.46. The maximum Gasteiger partial charge on any atom is 0.248 e. The van der Waals surface area contributed by atoms with Gasteiger partial charge in [0.2, 0.25) is 5.56 Å². The Morgan fingerprint density at radius 1 is 1.12 bits per heavy atom. The van der Waals surface area contributed by atoms with E-state index in [0.717, 1.165) is 29.6 Å². The third kappa shape index (κ3) is 4.13. The number of nitrogens with zero attached hydrogens (tertiary/aromatic N) is 1. The quantitative estimate of drug-likeness (QED) is 0.597. The number of benzene rings is 1. The summed E-state index contributed by atoms with van der Waals surface area (Å²) in [6.07, 6.45) is 10.9. The summed E-state index contributed by atoms with van der Waals surface area (Å²) in [4.78, 5) is 22.0. The van der Waals surface area contributed by atoms with Crippen molar-refractivity contribution in [1.29, 1.82) is 0 Å². The van der Waals surface area contributed by atoms with Crippen molar-refractivity contribution in [2.24, 2.45) is 0 Å². The molecule has 1 unspecified atom stereocenters. The van der Waals surface area contributed by atoms with E-state index in [9.17, 15) is 4.79 Å². The van der Waals surface area contributed by atoms with Gasteiger partial charge in [-0.3, -0.25) is 4.79 Å². The third-order valence-corrected chi connectivity index (χ3v) is 4.62. The minimum absolute atomic E-state index is 0.0537. The number of rotatable bonds is 8. The first-order chi connectivity index (χ1) is 11.8. The van der Waals surface area contributed by atoms with Gasteiger partial charge in [-0.25, -0.2) is 4.98 Å². The molecule has 0 aliphatic rings. The molecule has 0 bridgehead atoms. The monoisotopic (exact) mass is 323 g/mol. The second-order valence-electron chi connectivity index (χ2n) is 6.46. The fourth-order valence-corrected chi connectivity index (χ4v) is 3.27. The Morgan fingerprint density at radius 3 is 2.83 bits per heavy atom. The van der Waals surface area contributed by atoms with Crippen molar-refractivity contribution in [3.05, 3.63) is 64.5 Å². The van der Waals surface area contributed by atoms with Crippen molar-refractivity contribution in [3.63, 3.8) is 0 Å². The van der Waals surface area contributed by atoms with Crippen LogP contribution in [0.3, 0.4) is 0 Å². The molecule has 0 saturated heterocycles. The van der Waals surface area contributed by atoms with E-state index in [1.807, 2.05) is 24.5 Å². The Morgan fingerprint density at radius 2 is 2.04 bits per heavy atom. The van der Waals surface area contributed by atoms with Crippen LogP contribution < -0.4 is 5.56 Å². The highest BCUT2D eigenvalue weighted by atomic mass is 16.1. The standard InChI is InChI=1S/C20H25N3O/c1-2-3-4-5-6-15(14-19-21-11-12-22-19)16-7-9-18-17(13-16)8-10-20(24)23-18/h7-13,15H,2-6,14H2,1H3,(H,21,22)(H,23,24). The van der Waals surface area contributed by atoms with Gasteiger partial charge in [0.1, 0.15) is 5.82 Å². The summed E-state index contributed by atoms with van der Waals surface area (Å²) in [5.41, 5.74) is 2.17. The van der Waals surface area contributed by atoms with Crippen LogP contribution in [-0.4, -0.2) is 15.0 Å². The van der Waals surface area contributed by atoms with E-state index in [0.29, 0.717) is 5.92 Å². The molecule has 2 N–H and O–H groups in total. The number of imidazole rings is 1. The highest BCUT2D eigenvalue weighted by molar-refractivity contribution is 5.79. The fraction of sp³-hybridized carbons (Fsp3) is 0.400. The van der Waals surface area contributed by atoms with Gasteiger partial charge in [0.25, 0.3) is 0 Å². The highest BCUT2D eigenvalue weighted by Gasteiger charge is 2.14. The van der Waals surface area contributed by atoms with Gasteiger partial charge in [0, 0.05) is 30.4 Å². The maximum absolute atomic E-state index is 11.4. The van der Waals surface area contributed by atoms with Gasteiger partial charge in [-0.1, -0.05) is 38.7 Å². The number of nitrogens with one attached hydrogen (secondary N) is 2. The lowest BCUT2D eigenvalue weighted by molar-refractivity contribution is 0.544. The van der Waals surface area contributed by atoms with Crippen molar-refractivity contribution >= 4 is 10.9 Å². The Balaban J connectivity index is 1.82. The molecule has 3 aromatic rings. The molecule has 24 heavy (non-hydrogen) atoms. The van der Waals surface area contributed by atoms with E-state index in [1.54, 1.807) is 6.07 Å². The zero-order valence-electron chi connectivity index (χ0n) is 14.2. The molecular weight excluding hydrogens is 298 g/mol. The Hall–Kier alpha value is -2.36. The van der Waals surface area contributed by atoms with Crippen LogP contribution in [0.4, 0.5) is 0 Å². The number of fused-ring (bicyclic) bond motifs is 1. The van der Waals surface area contributed by atoms with E-state index in [1.165, 1.54) is 31.2 Å². The molecular formula is C20H25N3O. The summed E-state index contributed by atoms with van der Waals surface area (Å²) in [5.74, 6) is 1.49. The largest absolute Gasteiger partial charge is 0.349 e. The van der Waals surface area contributed by atoms with Gasteiger partial charge >= 0.3 is 0 Å². The van der Waals surface area contributed by atoms with Crippen LogP contribution in [0, 0.1) is 0 Å². The molecule has 3 rings (SSSR count). The first kappa shape index (κ1) is 16.5. The molecule has 0 spiro atoms.